The number of H-pyrrole nitrogens is 1. The monoisotopic (exact) mass is 432 g/mol. The Morgan fingerprint density at radius 3 is 2.62 bits per heavy atom. The number of aromatic amines is 1. The van der Waals surface area contributed by atoms with Crippen LogP contribution in [-0.4, -0.2) is 31.5 Å². The molecule has 0 radical (unpaired) electrons. The number of nitrogens with zero attached hydrogens (tertiary/aromatic N) is 3. The molecule has 3 aromatic rings. The van der Waals surface area contributed by atoms with Gasteiger partial charge in [-0.2, -0.15) is 5.10 Å². The molecule has 7 heteroatoms. The number of pyridine rings is 1. The zero-order valence-electron chi connectivity index (χ0n) is 19.5. The van der Waals surface area contributed by atoms with Crippen LogP contribution in [0.1, 0.15) is 55.6 Å². The maximum Gasteiger partial charge on any atom is 0.220 e. The first-order valence-corrected chi connectivity index (χ1v) is 11.1. The minimum absolute atomic E-state index is 0.0341. The van der Waals surface area contributed by atoms with E-state index in [1.165, 1.54) is 11.1 Å². The first-order valence-electron chi connectivity index (χ1n) is 11.1. The molecule has 7 nitrogen and oxygen atoms in total. The number of aromatic nitrogens is 3. The van der Waals surface area contributed by atoms with Gasteiger partial charge in [0.05, 0.1) is 0 Å². The molecule has 2 aromatic heterocycles. The zero-order valence-corrected chi connectivity index (χ0v) is 19.5. The largest absolute Gasteiger partial charge is 0.380 e. The molecule has 32 heavy (non-hydrogen) atoms. The molecule has 0 unspecified atom stereocenters. The molecule has 1 amide bonds. The van der Waals surface area contributed by atoms with Gasteiger partial charge in [0.15, 0.2) is 5.82 Å². The van der Waals surface area contributed by atoms with E-state index in [9.17, 15) is 4.79 Å². The Bertz CT molecular complexity index is 1130. The lowest BCUT2D eigenvalue weighted by Crippen LogP contribution is -2.26. The fraction of sp³-hybridized carbons (Fsp3) is 0.400. The molecule has 1 aromatic carbocycles. The van der Waals surface area contributed by atoms with Gasteiger partial charge in [0.25, 0.3) is 0 Å². The number of rotatable bonds is 6. The number of anilines is 3. The highest BCUT2D eigenvalue weighted by atomic mass is 16.2. The second kappa shape index (κ2) is 8.65. The van der Waals surface area contributed by atoms with E-state index in [4.69, 9.17) is 0 Å². The highest BCUT2D eigenvalue weighted by Crippen LogP contribution is 2.26. The maximum absolute atomic E-state index is 11.6. The molecule has 4 rings (SSSR count). The van der Waals surface area contributed by atoms with Crippen LogP contribution in [0.4, 0.5) is 17.3 Å². The van der Waals surface area contributed by atoms with Gasteiger partial charge in [0.2, 0.25) is 5.91 Å². The molecule has 0 saturated heterocycles. The molecule has 0 aliphatic carbocycles. The van der Waals surface area contributed by atoms with Gasteiger partial charge in [-0.3, -0.25) is 9.89 Å². The molecule has 0 fully saturated rings. The number of fused-ring (bicyclic) bond motifs is 1. The van der Waals surface area contributed by atoms with Crippen molar-refractivity contribution in [2.75, 3.05) is 10.6 Å². The Labute approximate surface area is 189 Å². The average Bonchev–Trinajstić information content (AvgIpc) is 3.34. The number of nitrogens with one attached hydrogen (secondary N) is 3. The molecule has 3 heterocycles. The Hall–Kier alpha value is -3.35. The average molecular weight is 433 g/mol. The normalized spacial score (nSPS) is 13.2. The number of carbonyl (C=O) groups is 1. The number of hydrogen-bond acceptors (Lipinski definition) is 5. The fourth-order valence-corrected chi connectivity index (χ4v) is 3.98. The van der Waals surface area contributed by atoms with Crippen molar-refractivity contribution in [3.8, 4) is 0 Å². The van der Waals surface area contributed by atoms with Crippen molar-refractivity contribution in [1.82, 2.24) is 20.1 Å². The van der Waals surface area contributed by atoms with E-state index in [2.05, 4.69) is 71.7 Å². The molecule has 0 bridgehead atoms. The Morgan fingerprint density at radius 1 is 1.09 bits per heavy atom. The van der Waals surface area contributed by atoms with E-state index in [-0.39, 0.29) is 11.4 Å². The van der Waals surface area contributed by atoms with E-state index >= 15 is 0 Å². The van der Waals surface area contributed by atoms with Crippen molar-refractivity contribution in [1.29, 1.82) is 0 Å². The van der Waals surface area contributed by atoms with Crippen LogP contribution >= 0.6 is 0 Å². The Balaban J connectivity index is 1.38. The molecule has 1 aliphatic rings. The van der Waals surface area contributed by atoms with Crippen LogP contribution in [0, 0.1) is 6.92 Å². The van der Waals surface area contributed by atoms with Crippen LogP contribution in [0.3, 0.4) is 0 Å². The second-order valence-corrected chi connectivity index (χ2v) is 9.63. The third kappa shape index (κ3) is 5.28. The fourth-order valence-electron chi connectivity index (χ4n) is 3.98. The number of amides is 1. The number of aryl methyl sites for hydroxylation is 3. The van der Waals surface area contributed by atoms with E-state index in [0.29, 0.717) is 13.1 Å². The standard InChI is InChI=1S/C25H32N6O/c1-16-6-8-21(28-25(3,4)5)10-18(16)7-9-22-12-24(30-29-22)27-23-11-19-14-31(17(2)32)15-20(19)13-26-23/h6,8,10-13,28H,7,9,14-15H2,1-5H3,(H2,26,27,29,30). The minimum Gasteiger partial charge on any atom is -0.380 e. The molecular formula is C25H32N6O. The van der Waals surface area contributed by atoms with Crippen molar-refractivity contribution in [2.45, 2.75) is 66.1 Å². The Morgan fingerprint density at radius 2 is 1.88 bits per heavy atom. The van der Waals surface area contributed by atoms with Gasteiger partial charge in [-0.05, 0) is 81.0 Å². The topological polar surface area (TPSA) is 85.9 Å². The molecular weight excluding hydrogens is 400 g/mol. The highest BCUT2D eigenvalue weighted by molar-refractivity contribution is 5.74. The number of hydrogen-bond donors (Lipinski definition) is 3. The summed E-state index contributed by atoms with van der Waals surface area (Å²) < 4.78 is 0. The van der Waals surface area contributed by atoms with Gasteiger partial charge in [0, 0.05) is 49.2 Å². The lowest BCUT2D eigenvalue weighted by molar-refractivity contribution is -0.129. The first-order chi connectivity index (χ1) is 15.2. The van der Waals surface area contributed by atoms with Crippen molar-refractivity contribution in [3.63, 3.8) is 0 Å². The van der Waals surface area contributed by atoms with E-state index in [1.54, 1.807) is 6.92 Å². The lowest BCUT2D eigenvalue weighted by Gasteiger charge is -2.23. The molecule has 168 valence electrons. The van der Waals surface area contributed by atoms with Gasteiger partial charge >= 0.3 is 0 Å². The van der Waals surface area contributed by atoms with Crippen LogP contribution in [0.2, 0.25) is 0 Å². The van der Waals surface area contributed by atoms with Crippen LogP contribution < -0.4 is 10.6 Å². The van der Waals surface area contributed by atoms with Crippen LogP contribution in [0.15, 0.2) is 36.5 Å². The van der Waals surface area contributed by atoms with E-state index < -0.39 is 0 Å². The molecule has 1 aliphatic heterocycles. The molecule has 3 N–H and O–H groups in total. The first kappa shape index (κ1) is 21.9. The summed E-state index contributed by atoms with van der Waals surface area (Å²) in [6.07, 6.45) is 3.65. The van der Waals surface area contributed by atoms with E-state index in [1.807, 2.05) is 23.2 Å². The molecule has 0 saturated carbocycles. The number of carbonyl (C=O) groups excluding carboxylic acids is 1. The van der Waals surface area contributed by atoms with Crippen molar-refractivity contribution < 1.29 is 4.79 Å². The summed E-state index contributed by atoms with van der Waals surface area (Å²) in [5, 5.41) is 14.4. The van der Waals surface area contributed by atoms with Gasteiger partial charge in [-0.15, -0.1) is 0 Å². The summed E-state index contributed by atoms with van der Waals surface area (Å²) in [6, 6.07) is 10.6. The summed E-state index contributed by atoms with van der Waals surface area (Å²) in [6.45, 7) is 11.5. The summed E-state index contributed by atoms with van der Waals surface area (Å²) in [7, 11) is 0. The summed E-state index contributed by atoms with van der Waals surface area (Å²) >= 11 is 0. The molecule has 0 atom stereocenters. The lowest BCUT2D eigenvalue weighted by atomic mass is 10.0. The summed E-state index contributed by atoms with van der Waals surface area (Å²) in [5.74, 6) is 1.57. The second-order valence-electron chi connectivity index (χ2n) is 9.63. The predicted molar refractivity (Wildman–Crippen MR) is 128 cm³/mol. The highest BCUT2D eigenvalue weighted by Gasteiger charge is 2.21. The summed E-state index contributed by atoms with van der Waals surface area (Å²) in [4.78, 5) is 17.9. The Kier molecular flexibility index (Phi) is 5.91. The summed E-state index contributed by atoms with van der Waals surface area (Å²) in [5.41, 5.74) is 7.12. The predicted octanol–water partition coefficient (Wildman–Crippen LogP) is 4.71. The van der Waals surface area contributed by atoms with Crippen molar-refractivity contribution in [2.24, 2.45) is 0 Å². The number of benzene rings is 1. The van der Waals surface area contributed by atoms with Crippen molar-refractivity contribution in [3.05, 3.63) is 64.5 Å². The molecule has 0 spiro atoms. The zero-order chi connectivity index (χ0) is 22.9. The maximum atomic E-state index is 11.6. The van der Waals surface area contributed by atoms with E-state index in [0.717, 1.165) is 47.0 Å². The van der Waals surface area contributed by atoms with Crippen LogP contribution in [-0.2, 0) is 30.7 Å². The van der Waals surface area contributed by atoms with Gasteiger partial charge < -0.3 is 15.5 Å². The smallest absolute Gasteiger partial charge is 0.220 e. The quantitative estimate of drug-likeness (QED) is 0.525. The minimum atomic E-state index is 0.0341. The van der Waals surface area contributed by atoms with Crippen molar-refractivity contribution >= 4 is 23.2 Å². The van der Waals surface area contributed by atoms with Gasteiger partial charge in [-0.1, -0.05) is 6.07 Å². The van der Waals surface area contributed by atoms with Crippen LogP contribution in [0.5, 0.6) is 0 Å². The SMILES string of the molecule is CC(=O)N1Cc2cnc(Nc3cc(CCc4cc(NC(C)(C)C)ccc4C)[nH]n3)cc2C1. The van der Waals surface area contributed by atoms with Gasteiger partial charge in [-0.25, -0.2) is 4.98 Å². The third-order valence-corrected chi connectivity index (χ3v) is 5.67. The van der Waals surface area contributed by atoms with Crippen LogP contribution in [0.25, 0.3) is 0 Å². The van der Waals surface area contributed by atoms with Gasteiger partial charge in [0.1, 0.15) is 5.82 Å². The third-order valence-electron chi connectivity index (χ3n) is 5.67.